The summed E-state index contributed by atoms with van der Waals surface area (Å²) in [7, 11) is 0. The number of thiazole rings is 1. The maximum atomic E-state index is 8.63. The zero-order chi connectivity index (χ0) is 11.5. The van der Waals surface area contributed by atoms with Crippen molar-refractivity contribution in [2.45, 2.75) is 13.3 Å². The van der Waals surface area contributed by atoms with Crippen LogP contribution in [0.2, 0.25) is 5.02 Å². The predicted octanol–water partition coefficient (Wildman–Crippen LogP) is 3.84. The molecule has 1 heterocycles. The van der Waals surface area contributed by atoms with Crippen LogP contribution in [0.4, 0.5) is 0 Å². The third-order valence-corrected chi connectivity index (χ3v) is 3.41. The van der Waals surface area contributed by atoms with Crippen LogP contribution < -0.4 is 0 Å². The average Bonchev–Trinajstić information content (AvgIpc) is 2.61. The number of hydrogen-bond donors (Lipinski definition) is 0. The molecule has 80 valence electrons. The highest BCUT2D eigenvalue weighted by atomic mass is 35.5. The number of halogens is 1. The predicted molar refractivity (Wildman–Crippen MR) is 66.6 cm³/mol. The smallest absolute Gasteiger partial charge is 0.108 e. The fourth-order valence-electron chi connectivity index (χ4n) is 1.47. The molecule has 0 aliphatic rings. The van der Waals surface area contributed by atoms with E-state index in [1.807, 2.05) is 31.2 Å². The Balaban J connectivity index is 2.40. The van der Waals surface area contributed by atoms with Crippen LogP contribution in [0.15, 0.2) is 24.3 Å². The van der Waals surface area contributed by atoms with Gasteiger partial charge in [0.1, 0.15) is 5.01 Å². The molecule has 2 rings (SSSR count). The van der Waals surface area contributed by atoms with Crippen LogP contribution in [0.25, 0.3) is 11.3 Å². The van der Waals surface area contributed by atoms with Gasteiger partial charge in [0.2, 0.25) is 0 Å². The number of rotatable bonds is 2. The van der Waals surface area contributed by atoms with Gasteiger partial charge in [0, 0.05) is 15.5 Å². The van der Waals surface area contributed by atoms with Gasteiger partial charge in [-0.05, 0) is 19.1 Å². The molecular formula is C12H9ClN2S. The number of hydrogen-bond acceptors (Lipinski definition) is 3. The van der Waals surface area contributed by atoms with E-state index >= 15 is 0 Å². The second-order valence-corrected chi connectivity index (χ2v) is 5.08. The van der Waals surface area contributed by atoms with E-state index in [2.05, 4.69) is 11.1 Å². The maximum Gasteiger partial charge on any atom is 0.108 e. The van der Waals surface area contributed by atoms with E-state index in [-0.39, 0.29) is 0 Å². The third kappa shape index (κ3) is 2.24. The van der Waals surface area contributed by atoms with Crippen molar-refractivity contribution in [1.82, 2.24) is 4.98 Å². The van der Waals surface area contributed by atoms with Crippen LogP contribution in [0.5, 0.6) is 0 Å². The van der Waals surface area contributed by atoms with E-state index in [1.165, 1.54) is 0 Å². The third-order valence-electron chi connectivity index (χ3n) is 2.19. The first kappa shape index (κ1) is 11.1. The number of aryl methyl sites for hydroxylation is 1. The Morgan fingerprint density at radius 1 is 1.38 bits per heavy atom. The SMILES string of the molecule is Cc1sc(CC#N)nc1-c1ccc(Cl)cc1. The summed E-state index contributed by atoms with van der Waals surface area (Å²) in [5.74, 6) is 0. The molecule has 4 heteroatoms. The Hall–Kier alpha value is -1.37. The molecule has 2 nitrogen and oxygen atoms in total. The van der Waals surface area contributed by atoms with Gasteiger partial charge in [-0.25, -0.2) is 4.98 Å². The van der Waals surface area contributed by atoms with Gasteiger partial charge >= 0.3 is 0 Å². The summed E-state index contributed by atoms with van der Waals surface area (Å²) < 4.78 is 0. The highest BCUT2D eigenvalue weighted by Crippen LogP contribution is 2.28. The van der Waals surface area contributed by atoms with E-state index in [0.717, 1.165) is 21.1 Å². The molecule has 0 saturated heterocycles. The minimum absolute atomic E-state index is 0.374. The molecule has 0 aliphatic heterocycles. The summed E-state index contributed by atoms with van der Waals surface area (Å²) in [6.45, 7) is 2.02. The van der Waals surface area contributed by atoms with Crippen LogP contribution in [0.3, 0.4) is 0 Å². The zero-order valence-electron chi connectivity index (χ0n) is 8.70. The van der Waals surface area contributed by atoms with Gasteiger partial charge in [0.05, 0.1) is 18.2 Å². The first-order valence-corrected chi connectivity index (χ1v) is 5.99. The van der Waals surface area contributed by atoms with Crippen molar-refractivity contribution in [3.63, 3.8) is 0 Å². The Kier molecular flexibility index (Phi) is 3.23. The van der Waals surface area contributed by atoms with Crippen molar-refractivity contribution >= 4 is 22.9 Å². The topological polar surface area (TPSA) is 36.7 Å². The van der Waals surface area contributed by atoms with E-state index in [9.17, 15) is 0 Å². The van der Waals surface area contributed by atoms with Gasteiger partial charge in [0.15, 0.2) is 0 Å². The summed E-state index contributed by atoms with van der Waals surface area (Å²) in [5, 5.41) is 10.2. The van der Waals surface area contributed by atoms with Crippen LogP contribution in [0.1, 0.15) is 9.88 Å². The van der Waals surface area contributed by atoms with E-state index in [4.69, 9.17) is 16.9 Å². The molecule has 0 radical (unpaired) electrons. The van der Waals surface area contributed by atoms with Gasteiger partial charge in [-0.1, -0.05) is 23.7 Å². The normalized spacial score (nSPS) is 10.1. The lowest BCUT2D eigenvalue weighted by molar-refractivity contribution is 1.19. The number of nitriles is 1. The Labute approximate surface area is 103 Å². The first-order chi connectivity index (χ1) is 7.70. The molecular weight excluding hydrogens is 240 g/mol. The molecule has 16 heavy (non-hydrogen) atoms. The molecule has 1 aromatic heterocycles. The molecule has 1 aromatic carbocycles. The Morgan fingerprint density at radius 3 is 2.69 bits per heavy atom. The van der Waals surface area contributed by atoms with Crippen molar-refractivity contribution in [1.29, 1.82) is 5.26 Å². The van der Waals surface area contributed by atoms with Gasteiger partial charge in [-0.3, -0.25) is 0 Å². The summed E-state index contributed by atoms with van der Waals surface area (Å²) in [6.07, 6.45) is 0.374. The highest BCUT2D eigenvalue weighted by Gasteiger charge is 2.09. The minimum atomic E-state index is 0.374. The number of nitrogens with zero attached hydrogens (tertiary/aromatic N) is 2. The fourth-order valence-corrected chi connectivity index (χ4v) is 2.48. The largest absolute Gasteiger partial charge is 0.240 e. The van der Waals surface area contributed by atoms with E-state index in [1.54, 1.807) is 11.3 Å². The zero-order valence-corrected chi connectivity index (χ0v) is 10.3. The summed E-state index contributed by atoms with van der Waals surface area (Å²) in [4.78, 5) is 5.58. The summed E-state index contributed by atoms with van der Waals surface area (Å²) >= 11 is 7.40. The van der Waals surface area contributed by atoms with Gasteiger partial charge in [-0.15, -0.1) is 11.3 Å². The van der Waals surface area contributed by atoms with Gasteiger partial charge in [-0.2, -0.15) is 5.26 Å². The lowest BCUT2D eigenvalue weighted by Crippen LogP contribution is -1.82. The second-order valence-electron chi connectivity index (χ2n) is 3.35. The Morgan fingerprint density at radius 2 is 2.06 bits per heavy atom. The van der Waals surface area contributed by atoms with Crippen LogP contribution in [0, 0.1) is 18.3 Å². The van der Waals surface area contributed by atoms with Gasteiger partial charge < -0.3 is 0 Å². The molecule has 0 aliphatic carbocycles. The quantitative estimate of drug-likeness (QED) is 0.810. The molecule has 0 atom stereocenters. The highest BCUT2D eigenvalue weighted by molar-refractivity contribution is 7.12. The molecule has 0 spiro atoms. The molecule has 0 fully saturated rings. The van der Waals surface area contributed by atoms with E-state index < -0.39 is 0 Å². The molecule has 0 unspecified atom stereocenters. The van der Waals surface area contributed by atoms with Crippen molar-refractivity contribution in [3.8, 4) is 17.3 Å². The van der Waals surface area contributed by atoms with Crippen molar-refractivity contribution in [3.05, 3.63) is 39.2 Å². The minimum Gasteiger partial charge on any atom is -0.240 e. The molecule has 0 saturated carbocycles. The monoisotopic (exact) mass is 248 g/mol. The van der Waals surface area contributed by atoms with Crippen molar-refractivity contribution < 1.29 is 0 Å². The number of benzene rings is 1. The molecule has 0 N–H and O–H groups in total. The van der Waals surface area contributed by atoms with E-state index in [0.29, 0.717) is 11.4 Å². The Bertz CT molecular complexity index is 537. The average molecular weight is 249 g/mol. The molecule has 0 bridgehead atoms. The maximum absolute atomic E-state index is 8.63. The first-order valence-electron chi connectivity index (χ1n) is 4.80. The van der Waals surface area contributed by atoms with Crippen molar-refractivity contribution in [2.24, 2.45) is 0 Å². The molecule has 2 aromatic rings. The lowest BCUT2D eigenvalue weighted by Gasteiger charge is -1.98. The standard InChI is InChI=1S/C12H9ClN2S/c1-8-12(15-11(16-8)6-7-14)9-2-4-10(13)5-3-9/h2-5H,6H2,1H3. The van der Waals surface area contributed by atoms with Crippen LogP contribution >= 0.6 is 22.9 Å². The second kappa shape index (κ2) is 4.65. The van der Waals surface area contributed by atoms with Crippen molar-refractivity contribution in [2.75, 3.05) is 0 Å². The number of aromatic nitrogens is 1. The van der Waals surface area contributed by atoms with Gasteiger partial charge in [0.25, 0.3) is 0 Å². The summed E-state index contributed by atoms with van der Waals surface area (Å²) in [6, 6.07) is 9.70. The summed E-state index contributed by atoms with van der Waals surface area (Å²) in [5.41, 5.74) is 1.99. The lowest BCUT2D eigenvalue weighted by atomic mass is 10.1. The van der Waals surface area contributed by atoms with Crippen LogP contribution in [-0.2, 0) is 6.42 Å². The van der Waals surface area contributed by atoms with Crippen LogP contribution in [-0.4, -0.2) is 4.98 Å². The fraction of sp³-hybridized carbons (Fsp3) is 0.167. The molecule has 0 amide bonds.